The molecule has 0 radical (unpaired) electrons. The van der Waals surface area contributed by atoms with Crippen LogP contribution in [0.1, 0.15) is 42.6 Å². The van der Waals surface area contributed by atoms with E-state index in [1.54, 1.807) is 13.2 Å². The van der Waals surface area contributed by atoms with Crippen molar-refractivity contribution in [3.8, 4) is 11.5 Å². The number of methoxy groups -OCH3 is 1. The van der Waals surface area contributed by atoms with Gasteiger partial charge in [-0.15, -0.1) is 0 Å². The van der Waals surface area contributed by atoms with E-state index in [2.05, 4.69) is 11.9 Å². The maximum Gasteiger partial charge on any atom is 0.276 e. The highest BCUT2D eigenvalue weighted by molar-refractivity contribution is 5.92. The Labute approximate surface area is 141 Å². The second-order valence-electron chi connectivity index (χ2n) is 5.94. The highest BCUT2D eigenvalue weighted by atomic mass is 16.5. The second kappa shape index (κ2) is 7.38. The van der Waals surface area contributed by atoms with Gasteiger partial charge in [0, 0.05) is 18.7 Å². The third-order valence-corrected chi connectivity index (χ3v) is 4.24. The Bertz CT molecular complexity index is 698. The van der Waals surface area contributed by atoms with Gasteiger partial charge in [0.15, 0.2) is 12.3 Å². The highest BCUT2D eigenvalue weighted by Crippen LogP contribution is 2.21. The molecule has 0 saturated carbocycles. The van der Waals surface area contributed by atoms with Crippen molar-refractivity contribution >= 4 is 5.91 Å². The van der Waals surface area contributed by atoms with E-state index in [1.807, 2.05) is 23.1 Å². The summed E-state index contributed by atoms with van der Waals surface area (Å²) in [4.78, 5) is 18.7. The van der Waals surface area contributed by atoms with Crippen LogP contribution in [0.4, 0.5) is 0 Å². The van der Waals surface area contributed by atoms with Gasteiger partial charge in [-0.05, 0) is 38.3 Å². The third-order valence-electron chi connectivity index (χ3n) is 4.24. The van der Waals surface area contributed by atoms with Crippen molar-refractivity contribution in [2.45, 2.75) is 38.8 Å². The summed E-state index contributed by atoms with van der Waals surface area (Å²) in [7, 11) is 1.60. The summed E-state index contributed by atoms with van der Waals surface area (Å²) in [5, 5.41) is 0. The number of amides is 1. The number of hydrogen-bond donors (Lipinski definition) is 0. The second-order valence-corrected chi connectivity index (χ2v) is 5.94. The predicted molar refractivity (Wildman–Crippen MR) is 88.2 cm³/mol. The van der Waals surface area contributed by atoms with Gasteiger partial charge in [-0.2, -0.15) is 0 Å². The molecule has 24 heavy (non-hydrogen) atoms. The average molecular weight is 330 g/mol. The molecule has 2 heterocycles. The molecule has 6 nitrogen and oxygen atoms in total. The smallest absolute Gasteiger partial charge is 0.276 e. The van der Waals surface area contributed by atoms with Crippen molar-refractivity contribution < 1.29 is 18.7 Å². The zero-order valence-corrected chi connectivity index (χ0v) is 14.0. The van der Waals surface area contributed by atoms with Crippen molar-refractivity contribution in [3.63, 3.8) is 0 Å². The zero-order valence-electron chi connectivity index (χ0n) is 14.0. The highest BCUT2D eigenvalue weighted by Gasteiger charge is 2.26. The van der Waals surface area contributed by atoms with Crippen LogP contribution in [0.5, 0.6) is 11.5 Å². The number of hydrogen-bond acceptors (Lipinski definition) is 5. The summed E-state index contributed by atoms with van der Waals surface area (Å²) in [6.07, 6.45) is 4.66. The van der Waals surface area contributed by atoms with Gasteiger partial charge in [0.05, 0.1) is 7.11 Å². The fourth-order valence-corrected chi connectivity index (χ4v) is 2.86. The van der Waals surface area contributed by atoms with Gasteiger partial charge in [0.25, 0.3) is 5.91 Å². The van der Waals surface area contributed by atoms with Gasteiger partial charge < -0.3 is 18.8 Å². The fraction of sp³-hybridized carbons (Fsp3) is 0.444. The lowest BCUT2D eigenvalue weighted by molar-refractivity contribution is 0.0629. The Kier molecular flexibility index (Phi) is 5.03. The van der Waals surface area contributed by atoms with Crippen LogP contribution in [-0.2, 0) is 6.61 Å². The van der Waals surface area contributed by atoms with E-state index < -0.39 is 0 Å². The van der Waals surface area contributed by atoms with E-state index in [4.69, 9.17) is 13.9 Å². The van der Waals surface area contributed by atoms with E-state index in [-0.39, 0.29) is 18.6 Å². The van der Waals surface area contributed by atoms with Crippen molar-refractivity contribution in [3.05, 3.63) is 42.1 Å². The van der Waals surface area contributed by atoms with Crippen LogP contribution in [0.3, 0.4) is 0 Å². The lowest BCUT2D eigenvalue weighted by Gasteiger charge is -2.32. The molecule has 1 aromatic carbocycles. The summed E-state index contributed by atoms with van der Waals surface area (Å²) in [5.74, 6) is 1.68. The Morgan fingerprint density at radius 3 is 3.00 bits per heavy atom. The number of oxazole rings is 1. The van der Waals surface area contributed by atoms with E-state index in [0.29, 0.717) is 17.3 Å². The largest absolute Gasteiger partial charge is 0.497 e. The number of carbonyl (C=O) groups excluding carboxylic acids is 1. The zero-order chi connectivity index (χ0) is 16.9. The Hall–Kier alpha value is -2.50. The number of benzene rings is 1. The van der Waals surface area contributed by atoms with E-state index in [9.17, 15) is 4.79 Å². The minimum Gasteiger partial charge on any atom is -0.497 e. The van der Waals surface area contributed by atoms with Gasteiger partial charge in [0.1, 0.15) is 17.8 Å². The summed E-state index contributed by atoms with van der Waals surface area (Å²) in [5.41, 5.74) is 0.341. The molecule has 1 aromatic heterocycles. The molecule has 128 valence electrons. The van der Waals surface area contributed by atoms with E-state index >= 15 is 0 Å². The Morgan fingerprint density at radius 2 is 2.21 bits per heavy atom. The van der Waals surface area contributed by atoms with Gasteiger partial charge in [0.2, 0.25) is 5.89 Å². The molecule has 0 aliphatic carbocycles. The summed E-state index contributed by atoms with van der Waals surface area (Å²) in [6.45, 7) is 3.02. The van der Waals surface area contributed by atoms with Crippen molar-refractivity contribution in [2.24, 2.45) is 0 Å². The SMILES string of the molecule is COc1cccc(OCc2nc(C(=O)N3CCCCC3C)co2)c1. The molecule has 2 aromatic rings. The topological polar surface area (TPSA) is 64.8 Å². The first-order chi connectivity index (χ1) is 11.7. The van der Waals surface area contributed by atoms with Crippen LogP contribution in [0, 0.1) is 0 Å². The fourth-order valence-electron chi connectivity index (χ4n) is 2.86. The number of carbonyl (C=O) groups is 1. The number of aromatic nitrogens is 1. The minimum atomic E-state index is -0.0708. The first-order valence-corrected chi connectivity index (χ1v) is 8.19. The van der Waals surface area contributed by atoms with Crippen LogP contribution >= 0.6 is 0 Å². The first kappa shape index (κ1) is 16.4. The molecule has 0 spiro atoms. The average Bonchev–Trinajstić information content (AvgIpc) is 3.09. The molecule has 1 saturated heterocycles. The Morgan fingerprint density at radius 1 is 1.38 bits per heavy atom. The third kappa shape index (κ3) is 3.69. The predicted octanol–water partition coefficient (Wildman–Crippen LogP) is 3.28. The van der Waals surface area contributed by atoms with Crippen LogP contribution in [0.25, 0.3) is 0 Å². The minimum absolute atomic E-state index is 0.0708. The van der Waals surface area contributed by atoms with E-state index in [1.165, 1.54) is 12.7 Å². The summed E-state index contributed by atoms with van der Waals surface area (Å²) < 4.78 is 16.2. The first-order valence-electron chi connectivity index (χ1n) is 8.19. The van der Waals surface area contributed by atoms with Crippen molar-refractivity contribution in [1.29, 1.82) is 0 Å². The van der Waals surface area contributed by atoms with Gasteiger partial charge in [-0.1, -0.05) is 6.07 Å². The summed E-state index contributed by atoms with van der Waals surface area (Å²) >= 11 is 0. The number of piperidine rings is 1. The lowest BCUT2D eigenvalue weighted by atomic mass is 10.0. The number of rotatable bonds is 5. The molecule has 0 N–H and O–H groups in total. The van der Waals surface area contributed by atoms with Crippen LogP contribution in [-0.4, -0.2) is 35.5 Å². The molecule has 1 aliphatic heterocycles. The van der Waals surface area contributed by atoms with Crippen LogP contribution in [0.15, 0.2) is 34.9 Å². The molecule has 1 amide bonds. The normalized spacial score (nSPS) is 17.6. The molecule has 1 aliphatic rings. The van der Waals surface area contributed by atoms with Gasteiger partial charge >= 0.3 is 0 Å². The maximum absolute atomic E-state index is 12.5. The number of ether oxygens (including phenoxy) is 2. The molecule has 3 rings (SSSR count). The van der Waals surface area contributed by atoms with Crippen molar-refractivity contribution in [2.75, 3.05) is 13.7 Å². The number of nitrogens with zero attached hydrogens (tertiary/aromatic N) is 2. The molecule has 1 atom stereocenters. The maximum atomic E-state index is 12.5. The van der Waals surface area contributed by atoms with Crippen LogP contribution < -0.4 is 9.47 Å². The van der Waals surface area contributed by atoms with Gasteiger partial charge in [-0.25, -0.2) is 4.98 Å². The molecule has 0 bridgehead atoms. The van der Waals surface area contributed by atoms with Gasteiger partial charge in [-0.3, -0.25) is 4.79 Å². The molecule has 1 unspecified atom stereocenters. The molecular weight excluding hydrogens is 308 g/mol. The quantitative estimate of drug-likeness (QED) is 0.842. The molecule has 1 fully saturated rings. The van der Waals surface area contributed by atoms with Crippen molar-refractivity contribution in [1.82, 2.24) is 9.88 Å². The van der Waals surface area contributed by atoms with Crippen LogP contribution in [0.2, 0.25) is 0 Å². The monoisotopic (exact) mass is 330 g/mol. The molecular formula is C18H22N2O4. The Balaban J connectivity index is 1.61. The van der Waals surface area contributed by atoms with E-state index in [0.717, 1.165) is 25.1 Å². The standard InChI is InChI=1S/C18H22N2O4/c1-13-6-3-4-9-20(13)18(21)16-11-24-17(19-16)12-23-15-8-5-7-14(10-15)22-2/h5,7-8,10-11,13H,3-4,6,9,12H2,1-2H3. The molecule has 6 heteroatoms. The lowest BCUT2D eigenvalue weighted by Crippen LogP contribution is -2.42. The number of likely N-dealkylation sites (tertiary alicyclic amines) is 1. The summed E-state index contributed by atoms with van der Waals surface area (Å²) in [6, 6.07) is 7.54.